The number of para-hydroxylation sites is 1. The van der Waals surface area contributed by atoms with Crippen LogP contribution in [0.4, 0.5) is 5.69 Å². The SMILES string of the molecule is CC[C@H](O)c1ccccc1N1CCOC(CO)C1. The van der Waals surface area contributed by atoms with Gasteiger partial charge in [-0.1, -0.05) is 25.1 Å². The lowest BCUT2D eigenvalue weighted by molar-refractivity contribution is 0.00341. The lowest BCUT2D eigenvalue weighted by Gasteiger charge is -2.35. The highest BCUT2D eigenvalue weighted by Gasteiger charge is 2.22. The summed E-state index contributed by atoms with van der Waals surface area (Å²) < 4.78 is 5.45. The zero-order chi connectivity index (χ0) is 13.0. The van der Waals surface area contributed by atoms with Crippen LogP contribution in [0.25, 0.3) is 0 Å². The molecule has 0 amide bonds. The van der Waals surface area contributed by atoms with Gasteiger partial charge in [0.1, 0.15) is 0 Å². The summed E-state index contributed by atoms with van der Waals surface area (Å²) in [5, 5.41) is 19.2. The van der Waals surface area contributed by atoms with Crippen LogP contribution in [-0.2, 0) is 4.74 Å². The summed E-state index contributed by atoms with van der Waals surface area (Å²) in [4.78, 5) is 2.18. The largest absolute Gasteiger partial charge is 0.394 e. The van der Waals surface area contributed by atoms with Crippen molar-refractivity contribution in [1.82, 2.24) is 0 Å². The highest BCUT2D eigenvalue weighted by Crippen LogP contribution is 2.29. The number of nitrogens with zero attached hydrogens (tertiary/aromatic N) is 1. The van der Waals surface area contributed by atoms with Crippen LogP contribution in [0.2, 0.25) is 0 Å². The normalized spacial score (nSPS) is 21.9. The van der Waals surface area contributed by atoms with E-state index >= 15 is 0 Å². The van der Waals surface area contributed by atoms with Crippen molar-refractivity contribution in [2.45, 2.75) is 25.6 Å². The Labute approximate surface area is 108 Å². The van der Waals surface area contributed by atoms with Gasteiger partial charge in [-0.15, -0.1) is 0 Å². The summed E-state index contributed by atoms with van der Waals surface area (Å²) in [5.74, 6) is 0. The van der Waals surface area contributed by atoms with E-state index in [1.165, 1.54) is 0 Å². The van der Waals surface area contributed by atoms with E-state index in [0.717, 1.165) is 17.8 Å². The van der Waals surface area contributed by atoms with Gasteiger partial charge in [-0.2, -0.15) is 0 Å². The van der Waals surface area contributed by atoms with Gasteiger partial charge in [-0.3, -0.25) is 0 Å². The minimum absolute atomic E-state index is 0.0367. The molecule has 0 bridgehead atoms. The molecule has 0 spiro atoms. The minimum atomic E-state index is -0.434. The van der Waals surface area contributed by atoms with Crippen molar-refractivity contribution in [3.63, 3.8) is 0 Å². The van der Waals surface area contributed by atoms with E-state index in [0.29, 0.717) is 19.6 Å². The summed E-state index contributed by atoms with van der Waals surface area (Å²) >= 11 is 0. The molecule has 1 aromatic carbocycles. The average molecular weight is 251 g/mol. The molecule has 18 heavy (non-hydrogen) atoms. The third kappa shape index (κ3) is 2.83. The van der Waals surface area contributed by atoms with Gasteiger partial charge in [0.05, 0.1) is 25.4 Å². The molecule has 2 atom stereocenters. The van der Waals surface area contributed by atoms with Crippen LogP contribution in [0.15, 0.2) is 24.3 Å². The molecule has 4 heteroatoms. The fraction of sp³-hybridized carbons (Fsp3) is 0.571. The molecular formula is C14H21NO3. The Hall–Kier alpha value is -1.10. The number of hydrogen-bond donors (Lipinski definition) is 2. The number of aliphatic hydroxyl groups is 2. The molecule has 0 aromatic heterocycles. The fourth-order valence-corrected chi connectivity index (χ4v) is 2.33. The molecule has 100 valence electrons. The van der Waals surface area contributed by atoms with Gasteiger partial charge >= 0.3 is 0 Å². The number of hydrogen-bond acceptors (Lipinski definition) is 4. The average Bonchev–Trinajstić information content (AvgIpc) is 2.46. The maximum absolute atomic E-state index is 10.1. The number of ether oxygens (including phenoxy) is 1. The van der Waals surface area contributed by atoms with Gasteiger partial charge in [0.15, 0.2) is 0 Å². The lowest BCUT2D eigenvalue weighted by Crippen LogP contribution is -2.44. The predicted octanol–water partition coefficient (Wildman–Crippen LogP) is 1.33. The van der Waals surface area contributed by atoms with Crippen LogP contribution in [0.3, 0.4) is 0 Å². The summed E-state index contributed by atoms with van der Waals surface area (Å²) in [5.41, 5.74) is 2.01. The van der Waals surface area contributed by atoms with Crippen molar-refractivity contribution in [2.24, 2.45) is 0 Å². The molecule has 1 aliphatic rings. The molecule has 0 radical (unpaired) electrons. The van der Waals surface area contributed by atoms with Crippen LogP contribution in [0.5, 0.6) is 0 Å². The molecule has 1 aromatic rings. The van der Waals surface area contributed by atoms with Crippen LogP contribution < -0.4 is 4.90 Å². The van der Waals surface area contributed by atoms with Gasteiger partial charge in [-0.25, -0.2) is 0 Å². The Morgan fingerprint density at radius 2 is 2.22 bits per heavy atom. The van der Waals surface area contributed by atoms with Crippen molar-refractivity contribution < 1.29 is 14.9 Å². The number of benzene rings is 1. The Kier molecular flexibility index (Phi) is 4.58. The molecule has 1 fully saturated rings. The quantitative estimate of drug-likeness (QED) is 0.847. The number of morpholine rings is 1. The minimum Gasteiger partial charge on any atom is -0.394 e. The van der Waals surface area contributed by atoms with Gasteiger partial charge in [0.25, 0.3) is 0 Å². The van der Waals surface area contributed by atoms with Crippen LogP contribution in [0, 0.1) is 0 Å². The molecule has 2 rings (SSSR count). The van der Waals surface area contributed by atoms with Crippen LogP contribution >= 0.6 is 0 Å². The number of anilines is 1. The highest BCUT2D eigenvalue weighted by atomic mass is 16.5. The van der Waals surface area contributed by atoms with E-state index < -0.39 is 6.10 Å². The van der Waals surface area contributed by atoms with Crippen LogP contribution in [0.1, 0.15) is 25.0 Å². The van der Waals surface area contributed by atoms with Crippen LogP contribution in [-0.4, -0.2) is 42.6 Å². The van der Waals surface area contributed by atoms with Crippen molar-refractivity contribution in [3.05, 3.63) is 29.8 Å². The Balaban J connectivity index is 2.21. The third-order valence-electron chi connectivity index (χ3n) is 3.37. The Bertz CT molecular complexity index is 383. The monoisotopic (exact) mass is 251 g/mol. The standard InChI is InChI=1S/C14H21NO3/c1-2-14(17)12-5-3-4-6-13(12)15-7-8-18-11(9-15)10-16/h3-6,11,14,16-17H,2,7-10H2,1H3/t11?,14-/m0/s1. The van der Waals surface area contributed by atoms with Crippen molar-refractivity contribution in [3.8, 4) is 0 Å². The van der Waals surface area contributed by atoms with Crippen molar-refractivity contribution in [2.75, 3.05) is 31.2 Å². The highest BCUT2D eigenvalue weighted by molar-refractivity contribution is 5.55. The second kappa shape index (κ2) is 6.18. The van der Waals surface area contributed by atoms with E-state index in [1.54, 1.807) is 0 Å². The summed E-state index contributed by atoms with van der Waals surface area (Å²) in [7, 11) is 0. The smallest absolute Gasteiger partial charge is 0.0980 e. The first kappa shape index (κ1) is 13.3. The number of aliphatic hydroxyl groups excluding tert-OH is 2. The number of rotatable bonds is 4. The maximum atomic E-state index is 10.1. The van der Waals surface area contributed by atoms with Gasteiger partial charge in [0, 0.05) is 24.3 Å². The first-order valence-electron chi connectivity index (χ1n) is 6.50. The van der Waals surface area contributed by atoms with E-state index in [9.17, 15) is 10.2 Å². The molecule has 1 heterocycles. The maximum Gasteiger partial charge on any atom is 0.0980 e. The molecule has 2 N–H and O–H groups in total. The van der Waals surface area contributed by atoms with E-state index in [4.69, 9.17) is 4.74 Å². The van der Waals surface area contributed by atoms with Gasteiger partial charge in [0.2, 0.25) is 0 Å². The van der Waals surface area contributed by atoms with Crippen molar-refractivity contribution in [1.29, 1.82) is 0 Å². The molecule has 1 unspecified atom stereocenters. The summed E-state index contributed by atoms with van der Waals surface area (Å²) in [6.45, 7) is 4.09. The van der Waals surface area contributed by atoms with E-state index in [-0.39, 0.29) is 12.7 Å². The molecule has 4 nitrogen and oxygen atoms in total. The zero-order valence-corrected chi connectivity index (χ0v) is 10.7. The van der Waals surface area contributed by atoms with Gasteiger partial charge in [-0.05, 0) is 12.5 Å². The van der Waals surface area contributed by atoms with Crippen molar-refractivity contribution >= 4 is 5.69 Å². The predicted molar refractivity (Wildman–Crippen MR) is 70.7 cm³/mol. The molecule has 0 aliphatic carbocycles. The van der Waals surface area contributed by atoms with E-state index in [1.807, 2.05) is 31.2 Å². The Morgan fingerprint density at radius 1 is 1.44 bits per heavy atom. The Morgan fingerprint density at radius 3 is 2.94 bits per heavy atom. The lowest BCUT2D eigenvalue weighted by atomic mass is 10.0. The summed E-state index contributed by atoms with van der Waals surface area (Å²) in [6.07, 6.45) is 0.132. The molecule has 1 saturated heterocycles. The first-order valence-corrected chi connectivity index (χ1v) is 6.50. The van der Waals surface area contributed by atoms with Gasteiger partial charge < -0.3 is 19.8 Å². The second-order valence-corrected chi connectivity index (χ2v) is 4.60. The second-order valence-electron chi connectivity index (χ2n) is 4.60. The zero-order valence-electron chi connectivity index (χ0n) is 10.7. The molecular weight excluding hydrogens is 230 g/mol. The fourth-order valence-electron chi connectivity index (χ4n) is 2.33. The summed E-state index contributed by atoms with van der Waals surface area (Å²) in [6, 6.07) is 7.91. The molecule has 1 aliphatic heterocycles. The third-order valence-corrected chi connectivity index (χ3v) is 3.37. The first-order chi connectivity index (χ1) is 8.76. The van der Waals surface area contributed by atoms with E-state index in [2.05, 4.69) is 4.90 Å². The molecule has 0 saturated carbocycles. The topological polar surface area (TPSA) is 52.9 Å².